The van der Waals surface area contributed by atoms with Crippen molar-refractivity contribution < 1.29 is 14.3 Å². The van der Waals surface area contributed by atoms with E-state index < -0.39 is 0 Å². The van der Waals surface area contributed by atoms with Crippen LogP contribution in [0.1, 0.15) is 6.92 Å². The summed E-state index contributed by atoms with van der Waals surface area (Å²) in [5, 5.41) is 3.55. The van der Waals surface area contributed by atoms with E-state index in [-0.39, 0.29) is 12.5 Å². The number of methoxy groups -OCH3 is 2. The minimum atomic E-state index is -0.0420. The number of carbonyl (C=O) groups is 1. The van der Waals surface area contributed by atoms with Gasteiger partial charge in [-0.15, -0.1) is 0 Å². The number of carbonyl (C=O) groups excluding carboxylic acids is 1. The van der Waals surface area contributed by atoms with Gasteiger partial charge in [0.1, 0.15) is 11.5 Å². The topological polar surface area (TPSA) is 50.8 Å². The first-order valence-electron chi connectivity index (χ1n) is 7.61. The van der Waals surface area contributed by atoms with Crippen molar-refractivity contribution in [2.75, 3.05) is 37.5 Å². The van der Waals surface area contributed by atoms with E-state index in [1.807, 2.05) is 37.3 Å². The van der Waals surface area contributed by atoms with Crippen LogP contribution in [0, 0.1) is 0 Å². The molecule has 0 aliphatic carbocycles. The van der Waals surface area contributed by atoms with Crippen molar-refractivity contribution >= 4 is 28.9 Å². The van der Waals surface area contributed by atoms with E-state index in [2.05, 4.69) is 5.32 Å². The molecular weight excluding hydrogens is 328 g/mol. The molecule has 0 aliphatic heterocycles. The molecule has 1 N–H and O–H groups in total. The van der Waals surface area contributed by atoms with Gasteiger partial charge in [0.15, 0.2) is 0 Å². The Labute approximate surface area is 147 Å². The molecule has 0 aromatic heterocycles. The fourth-order valence-electron chi connectivity index (χ4n) is 2.38. The second-order valence-electron chi connectivity index (χ2n) is 5.01. The molecule has 6 heteroatoms. The maximum absolute atomic E-state index is 12.5. The van der Waals surface area contributed by atoms with Crippen LogP contribution in [0.2, 0.25) is 5.02 Å². The predicted molar refractivity (Wildman–Crippen MR) is 97.5 cm³/mol. The molecule has 0 heterocycles. The normalized spacial score (nSPS) is 10.2. The lowest BCUT2D eigenvalue weighted by atomic mass is 10.2. The molecule has 0 radical (unpaired) electrons. The number of halogens is 1. The SMILES string of the molecule is CCN(C(=O)CNc1cc(OC)c(Cl)cc1OC)c1ccccc1. The Morgan fingerprint density at radius 2 is 1.79 bits per heavy atom. The zero-order valence-electron chi connectivity index (χ0n) is 14.0. The van der Waals surface area contributed by atoms with E-state index in [4.69, 9.17) is 21.1 Å². The minimum absolute atomic E-state index is 0.0420. The van der Waals surface area contributed by atoms with Crippen LogP contribution in [0.5, 0.6) is 11.5 Å². The van der Waals surface area contributed by atoms with Crippen LogP contribution in [-0.2, 0) is 4.79 Å². The largest absolute Gasteiger partial charge is 0.495 e. The lowest BCUT2D eigenvalue weighted by molar-refractivity contribution is -0.116. The highest BCUT2D eigenvalue weighted by atomic mass is 35.5. The first-order valence-corrected chi connectivity index (χ1v) is 7.99. The second-order valence-corrected chi connectivity index (χ2v) is 5.42. The molecular formula is C18H21ClN2O3. The number of rotatable bonds is 7. The zero-order chi connectivity index (χ0) is 17.5. The number of ether oxygens (including phenoxy) is 2. The van der Waals surface area contributed by atoms with Gasteiger partial charge in [-0.25, -0.2) is 0 Å². The number of para-hydroxylation sites is 1. The number of nitrogens with one attached hydrogen (secondary N) is 1. The number of nitrogens with zero attached hydrogens (tertiary/aromatic N) is 1. The highest BCUT2D eigenvalue weighted by molar-refractivity contribution is 6.32. The Bertz CT molecular complexity index is 692. The van der Waals surface area contributed by atoms with E-state index >= 15 is 0 Å². The summed E-state index contributed by atoms with van der Waals surface area (Å²) in [6.07, 6.45) is 0. The maximum Gasteiger partial charge on any atom is 0.246 e. The van der Waals surface area contributed by atoms with Crippen molar-refractivity contribution in [2.24, 2.45) is 0 Å². The zero-order valence-corrected chi connectivity index (χ0v) is 14.8. The van der Waals surface area contributed by atoms with Gasteiger partial charge in [0, 0.05) is 24.4 Å². The van der Waals surface area contributed by atoms with Crippen LogP contribution >= 0.6 is 11.6 Å². The molecule has 2 rings (SSSR count). The Balaban J connectivity index is 2.13. The lowest BCUT2D eigenvalue weighted by Gasteiger charge is -2.22. The number of hydrogen-bond acceptors (Lipinski definition) is 4. The third-order valence-corrected chi connectivity index (χ3v) is 3.88. The third kappa shape index (κ3) is 4.11. The van der Waals surface area contributed by atoms with Crippen molar-refractivity contribution in [1.82, 2.24) is 0 Å². The molecule has 0 fully saturated rings. The average Bonchev–Trinajstić information content (AvgIpc) is 2.61. The average molecular weight is 349 g/mol. The van der Waals surface area contributed by atoms with E-state index in [0.29, 0.717) is 28.8 Å². The van der Waals surface area contributed by atoms with E-state index in [1.54, 1.807) is 24.1 Å². The molecule has 5 nitrogen and oxygen atoms in total. The van der Waals surface area contributed by atoms with Gasteiger partial charge in [0.25, 0.3) is 0 Å². The molecule has 24 heavy (non-hydrogen) atoms. The fourth-order valence-corrected chi connectivity index (χ4v) is 2.61. The summed E-state index contributed by atoms with van der Waals surface area (Å²) in [7, 11) is 3.09. The Kier molecular flexibility index (Phi) is 6.32. The van der Waals surface area contributed by atoms with Crippen molar-refractivity contribution in [3.8, 4) is 11.5 Å². The molecule has 2 aromatic rings. The maximum atomic E-state index is 12.5. The molecule has 0 saturated carbocycles. The Morgan fingerprint density at radius 3 is 2.38 bits per heavy atom. The molecule has 0 saturated heterocycles. The molecule has 128 valence electrons. The quantitative estimate of drug-likeness (QED) is 0.826. The predicted octanol–water partition coefficient (Wildman–Crippen LogP) is 3.82. The van der Waals surface area contributed by atoms with Crippen LogP contribution in [0.3, 0.4) is 0 Å². The number of benzene rings is 2. The standard InChI is InChI=1S/C18H21ClN2O3/c1-4-21(13-8-6-5-7-9-13)18(22)12-20-15-11-16(23-2)14(19)10-17(15)24-3/h5-11,20H,4,12H2,1-3H3. The summed E-state index contributed by atoms with van der Waals surface area (Å²) < 4.78 is 10.5. The fraction of sp³-hybridized carbons (Fsp3) is 0.278. The molecule has 1 amide bonds. The van der Waals surface area contributed by atoms with Crippen LogP contribution in [0.25, 0.3) is 0 Å². The van der Waals surface area contributed by atoms with Gasteiger partial charge < -0.3 is 19.7 Å². The summed E-state index contributed by atoms with van der Waals surface area (Å²) in [4.78, 5) is 14.2. The lowest BCUT2D eigenvalue weighted by Crippen LogP contribution is -2.35. The third-order valence-electron chi connectivity index (χ3n) is 3.59. The number of hydrogen-bond donors (Lipinski definition) is 1. The van der Waals surface area contributed by atoms with Gasteiger partial charge in [0.2, 0.25) is 5.91 Å². The van der Waals surface area contributed by atoms with E-state index in [0.717, 1.165) is 5.69 Å². The minimum Gasteiger partial charge on any atom is -0.495 e. The molecule has 0 spiro atoms. The van der Waals surface area contributed by atoms with Crippen LogP contribution < -0.4 is 19.7 Å². The van der Waals surface area contributed by atoms with Gasteiger partial charge in [-0.05, 0) is 19.1 Å². The van der Waals surface area contributed by atoms with Gasteiger partial charge in [-0.2, -0.15) is 0 Å². The van der Waals surface area contributed by atoms with Crippen molar-refractivity contribution in [3.05, 3.63) is 47.5 Å². The van der Waals surface area contributed by atoms with Crippen molar-refractivity contribution in [1.29, 1.82) is 0 Å². The monoisotopic (exact) mass is 348 g/mol. The summed E-state index contributed by atoms with van der Waals surface area (Å²) in [6, 6.07) is 12.9. The van der Waals surface area contributed by atoms with Gasteiger partial charge in [-0.3, -0.25) is 4.79 Å². The first kappa shape index (κ1) is 17.9. The van der Waals surface area contributed by atoms with Crippen molar-refractivity contribution in [2.45, 2.75) is 6.92 Å². The molecule has 0 atom stereocenters. The van der Waals surface area contributed by atoms with Gasteiger partial charge in [0.05, 0.1) is 31.5 Å². The van der Waals surface area contributed by atoms with Crippen LogP contribution in [-0.4, -0.2) is 33.2 Å². The summed E-state index contributed by atoms with van der Waals surface area (Å²) in [5.74, 6) is 1.03. The second kappa shape index (κ2) is 8.45. The van der Waals surface area contributed by atoms with E-state index in [9.17, 15) is 4.79 Å². The first-order chi connectivity index (χ1) is 11.6. The smallest absolute Gasteiger partial charge is 0.246 e. The van der Waals surface area contributed by atoms with Crippen LogP contribution in [0.15, 0.2) is 42.5 Å². The van der Waals surface area contributed by atoms with E-state index in [1.165, 1.54) is 7.11 Å². The van der Waals surface area contributed by atoms with Gasteiger partial charge >= 0.3 is 0 Å². The highest BCUT2D eigenvalue weighted by Gasteiger charge is 2.15. The Hall–Kier alpha value is -2.40. The molecule has 0 unspecified atom stereocenters. The molecule has 0 bridgehead atoms. The highest BCUT2D eigenvalue weighted by Crippen LogP contribution is 2.35. The number of anilines is 2. The summed E-state index contributed by atoms with van der Waals surface area (Å²) >= 11 is 6.09. The Morgan fingerprint density at radius 1 is 1.12 bits per heavy atom. The van der Waals surface area contributed by atoms with Crippen LogP contribution in [0.4, 0.5) is 11.4 Å². The molecule has 2 aromatic carbocycles. The van der Waals surface area contributed by atoms with Gasteiger partial charge in [-0.1, -0.05) is 29.8 Å². The number of likely N-dealkylation sites (N-methyl/N-ethyl adjacent to an activating group) is 1. The summed E-state index contributed by atoms with van der Waals surface area (Å²) in [5.41, 5.74) is 1.52. The number of amides is 1. The van der Waals surface area contributed by atoms with Crippen molar-refractivity contribution in [3.63, 3.8) is 0 Å². The molecule has 0 aliphatic rings. The summed E-state index contributed by atoms with van der Waals surface area (Å²) in [6.45, 7) is 2.66.